The van der Waals surface area contributed by atoms with Gasteiger partial charge in [-0.05, 0) is 28.8 Å². The first kappa shape index (κ1) is 25.0. The summed E-state index contributed by atoms with van der Waals surface area (Å²) in [6.07, 6.45) is 1.23. The second kappa shape index (κ2) is 11.2. The Hall–Kier alpha value is -1.03. The van der Waals surface area contributed by atoms with E-state index in [1.807, 2.05) is 48.3 Å². The van der Waals surface area contributed by atoms with E-state index in [0.29, 0.717) is 23.1 Å². The van der Waals surface area contributed by atoms with Crippen LogP contribution in [0.3, 0.4) is 0 Å². The van der Waals surface area contributed by atoms with E-state index in [4.69, 9.17) is 23.2 Å². The van der Waals surface area contributed by atoms with Crippen molar-refractivity contribution < 1.29 is 8.42 Å². The molecule has 0 aliphatic heterocycles. The molecule has 154 valence electrons. The Morgan fingerprint density at radius 1 is 1.04 bits per heavy atom. The standard InChI is InChI=1S/C19H23Cl2N3O2S.HI/c1-22-19(24(2)12-16-8-9-17(20)18(21)10-16)23-11-14-4-6-15(7-5-14)13-27(3,25)26;/h4-10H,11-13H2,1-3H3,(H,22,23);1H. The molecule has 9 heteroatoms. The molecular weight excluding hydrogens is 532 g/mol. The van der Waals surface area contributed by atoms with Gasteiger partial charge < -0.3 is 10.2 Å². The van der Waals surface area contributed by atoms with Crippen LogP contribution in [0.15, 0.2) is 47.5 Å². The van der Waals surface area contributed by atoms with Gasteiger partial charge in [0.1, 0.15) is 0 Å². The average Bonchev–Trinajstić information content (AvgIpc) is 2.59. The van der Waals surface area contributed by atoms with E-state index in [1.165, 1.54) is 6.26 Å². The van der Waals surface area contributed by atoms with Gasteiger partial charge in [0.25, 0.3) is 0 Å². The molecule has 0 saturated carbocycles. The van der Waals surface area contributed by atoms with Crippen LogP contribution in [-0.2, 0) is 28.7 Å². The molecule has 28 heavy (non-hydrogen) atoms. The second-order valence-electron chi connectivity index (χ2n) is 6.39. The third-order valence-electron chi connectivity index (χ3n) is 3.88. The maximum absolute atomic E-state index is 11.4. The average molecular weight is 556 g/mol. The molecule has 0 heterocycles. The van der Waals surface area contributed by atoms with E-state index in [-0.39, 0.29) is 29.7 Å². The normalized spacial score (nSPS) is 11.7. The summed E-state index contributed by atoms with van der Waals surface area (Å²) < 4.78 is 22.7. The van der Waals surface area contributed by atoms with Gasteiger partial charge in [0.2, 0.25) is 0 Å². The smallest absolute Gasteiger partial charge is 0.193 e. The zero-order valence-corrected chi connectivity index (χ0v) is 20.6. The number of rotatable bonds is 6. The second-order valence-corrected chi connectivity index (χ2v) is 9.35. The molecule has 0 aromatic heterocycles. The molecule has 2 aromatic rings. The van der Waals surface area contributed by atoms with Gasteiger partial charge in [0.05, 0.1) is 15.8 Å². The van der Waals surface area contributed by atoms with Crippen LogP contribution in [0.4, 0.5) is 0 Å². The molecule has 1 N–H and O–H groups in total. The molecule has 0 fully saturated rings. The highest BCUT2D eigenvalue weighted by Crippen LogP contribution is 2.23. The maximum Gasteiger partial charge on any atom is 0.193 e. The Balaban J connectivity index is 0.00000392. The SMILES string of the molecule is CN=C(NCc1ccc(CS(C)(=O)=O)cc1)N(C)Cc1ccc(Cl)c(Cl)c1.I. The predicted molar refractivity (Wildman–Crippen MR) is 129 cm³/mol. The molecule has 0 aliphatic rings. The number of nitrogens with zero attached hydrogens (tertiary/aromatic N) is 2. The molecule has 2 rings (SSSR count). The first-order valence-corrected chi connectivity index (χ1v) is 11.1. The lowest BCUT2D eigenvalue weighted by atomic mass is 10.1. The van der Waals surface area contributed by atoms with Crippen molar-refractivity contribution in [2.75, 3.05) is 20.4 Å². The molecule has 5 nitrogen and oxygen atoms in total. The van der Waals surface area contributed by atoms with Crippen molar-refractivity contribution in [3.8, 4) is 0 Å². The van der Waals surface area contributed by atoms with Crippen molar-refractivity contribution in [1.82, 2.24) is 10.2 Å². The van der Waals surface area contributed by atoms with Gasteiger partial charge in [-0.2, -0.15) is 0 Å². The minimum Gasteiger partial charge on any atom is -0.352 e. The molecular formula is C19H24Cl2IN3O2S. The maximum atomic E-state index is 11.4. The van der Waals surface area contributed by atoms with E-state index in [0.717, 1.165) is 22.6 Å². The van der Waals surface area contributed by atoms with Crippen molar-refractivity contribution in [2.24, 2.45) is 4.99 Å². The molecule has 0 atom stereocenters. The van der Waals surface area contributed by atoms with E-state index in [1.54, 1.807) is 13.1 Å². The van der Waals surface area contributed by atoms with Crippen LogP contribution in [0, 0.1) is 0 Å². The highest BCUT2D eigenvalue weighted by atomic mass is 127. The van der Waals surface area contributed by atoms with Crippen LogP contribution in [0.1, 0.15) is 16.7 Å². The largest absolute Gasteiger partial charge is 0.352 e. The minimum atomic E-state index is -3.03. The van der Waals surface area contributed by atoms with Gasteiger partial charge in [0.15, 0.2) is 15.8 Å². The van der Waals surface area contributed by atoms with Crippen molar-refractivity contribution in [2.45, 2.75) is 18.8 Å². The molecule has 0 unspecified atom stereocenters. The zero-order valence-electron chi connectivity index (χ0n) is 15.9. The zero-order chi connectivity index (χ0) is 20.0. The summed E-state index contributed by atoms with van der Waals surface area (Å²) in [6, 6.07) is 13.0. The van der Waals surface area contributed by atoms with Gasteiger partial charge >= 0.3 is 0 Å². The summed E-state index contributed by atoms with van der Waals surface area (Å²) in [5, 5.41) is 4.36. The molecule has 0 spiro atoms. The summed E-state index contributed by atoms with van der Waals surface area (Å²) >= 11 is 12.0. The lowest BCUT2D eigenvalue weighted by Crippen LogP contribution is -2.38. The Morgan fingerprint density at radius 3 is 2.14 bits per heavy atom. The van der Waals surface area contributed by atoms with Crippen LogP contribution in [-0.4, -0.2) is 39.6 Å². The quantitative estimate of drug-likeness (QED) is 0.327. The third-order valence-corrected chi connectivity index (χ3v) is 5.48. The highest BCUT2D eigenvalue weighted by Gasteiger charge is 2.09. The van der Waals surface area contributed by atoms with Crippen LogP contribution in [0.2, 0.25) is 10.0 Å². The molecule has 0 radical (unpaired) electrons. The van der Waals surface area contributed by atoms with E-state index in [9.17, 15) is 8.42 Å². The number of benzene rings is 2. The molecule has 2 aromatic carbocycles. The fourth-order valence-corrected chi connectivity index (χ4v) is 3.73. The first-order valence-electron chi connectivity index (χ1n) is 8.29. The van der Waals surface area contributed by atoms with Gasteiger partial charge in [-0.3, -0.25) is 4.99 Å². The number of hydrogen-bond acceptors (Lipinski definition) is 3. The third kappa shape index (κ3) is 8.14. The number of guanidine groups is 1. The van der Waals surface area contributed by atoms with Gasteiger partial charge in [-0.25, -0.2) is 8.42 Å². The van der Waals surface area contributed by atoms with E-state index in [2.05, 4.69) is 10.3 Å². The molecule has 0 bridgehead atoms. The van der Waals surface area contributed by atoms with Crippen molar-refractivity contribution in [1.29, 1.82) is 0 Å². The van der Waals surface area contributed by atoms with Gasteiger partial charge in [-0.1, -0.05) is 53.5 Å². The van der Waals surface area contributed by atoms with Gasteiger partial charge in [-0.15, -0.1) is 24.0 Å². The number of nitrogens with one attached hydrogen (secondary N) is 1. The topological polar surface area (TPSA) is 61.8 Å². The molecule has 0 amide bonds. The molecule has 0 aliphatic carbocycles. The van der Waals surface area contributed by atoms with E-state index >= 15 is 0 Å². The Bertz CT molecular complexity index is 919. The fraction of sp³-hybridized carbons (Fsp3) is 0.316. The minimum absolute atomic E-state index is 0. The van der Waals surface area contributed by atoms with Crippen molar-refractivity contribution >= 4 is 63.0 Å². The predicted octanol–water partition coefficient (Wildman–Crippen LogP) is 4.36. The lowest BCUT2D eigenvalue weighted by molar-refractivity contribution is 0.476. The summed E-state index contributed by atoms with van der Waals surface area (Å²) in [5.74, 6) is 0.788. The van der Waals surface area contributed by atoms with E-state index < -0.39 is 9.84 Å². The summed E-state index contributed by atoms with van der Waals surface area (Å²) in [5.41, 5.74) is 2.85. The first-order chi connectivity index (χ1) is 12.7. The summed E-state index contributed by atoms with van der Waals surface area (Å²) in [7, 11) is 0.637. The van der Waals surface area contributed by atoms with Crippen molar-refractivity contribution in [3.05, 3.63) is 69.2 Å². The van der Waals surface area contributed by atoms with Gasteiger partial charge in [0, 0.05) is 33.4 Å². The Morgan fingerprint density at radius 2 is 1.61 bits per heavy atom. The summed E-state index contributed by atoms with van der Waals surface area (Å²) in [6.45, 7) is 1.21. The number of aliphatic imine (C=N–C) groups is 1. The fourth-order valence-electron chi connectivity index (χ4n) is 2.61. The van der Waals surface area contributed by atoms with Crippen LogP contribution >= 0.6 is 47.2 Å². The number of halogens is 3. The number of sulfone groups is 1. The Kier molecular flexibility index (Phi) is 10.0. The lowest BCUT2D eigenvalue weighted by Gasteiger charge is -2.22. The highest BCUT2D eigenvalue weighted by molar-refractivity contribution is 14.0. The Labute approximate surface area is 194 Å². The number of hydrogen-bond donors (Lipinski definition) is 1. The summed E-state index contributed by atoms with van der Waals surface area (Å²) in [4.78, 5) is 6.28. The van der Waals surface area contributed by atoms with Crippen LogP contribution in [0.5, 0.6) is 0 Å². The van der Waals surface area contributed by atoms with Crippen molar-refractivity contribution in [3.63, 3.8) is 0 Å². The molecule has 0 saturated heterocycles. The van der Waals surface area contributed by atoms with Crippen LogP contribution < -0.4 is 5.32 Å². The van der Waals surface area contributed by atoms with Crippen LogP contribution in [0.25, 0.3) is 0 Å². The monoisotopic (exact) mass is 555 g/mol.